The van der Waals surface area contributed by atoms with E-state index in [0.29, 0.717) is 37.7 Å². The number of methoxy groups -OCH3 is 1. The Bertz CT molecular complexity index is 1880. The van der Waals surface area contributed by atoms with Crippen LogP contribution in [0.2, 0.25) is 0 Å². The van der Waals surface area contributed by atoms with Gasteiger partial charge in [0.1, 0.15) is 17.5 Å². The van der Waals surface area contributed by atoms with Crippen LogP contribution in [0.15, 0.2) is 60.3 Å². The Kier molecular flexibility index (Phi) is 9.13. The molecule has 2 aliphatic carbocycles. The van der Waals surface area contributed by atoms with E-state index >= 15 is 0 Å². The minimum absolute atomic E-state index is 0.0454. The van der Waals surface area contributed by atoms with Crippen molar-refractivity contribution in [3.63, 3.8) is 0 Å². The molecule has 1 amide bonds. The van der Waals surface area contributed by atoms with E-state index in [1.807, 2.05) is 6.07 Å². The summed E-state index contributed by atoms with van der Waals surface area (Å²) in [6.45, 7) is 0. The zero-order chi connectivity index (χ0) is 34.1. The lowest BCUT2D eigenvalue weighted by Gasteiger charge is -2.36. The predicted molar refractivity (Wildman–Crippen MR) is 167 cm³/mol. The van der Waals surface area contributed by atoms with Gasteiger partial charge in [0, 0.05) is 72.2 Å². The van der Waals surface area contributed by atoms with Crippen LogP contribution in [0.4, 0.5) is 29.7 Å². The number of sulfone groups is 1. The van der Waals surface area contributed by atoms with Crippen molar-refractivity contribution < 1.29 is 35.9 Å². The fraction of sp³-hybridized carbons (Fsp3) is 0.387. The number of halogens is 3. The van der Waals surface area contributed by atoms with Crippen LogP contribution in [0.25, 0.3) is 22.4 Å². The monoisotopic (exact) mass is 684 g/mol. The number of amides is 1. The van der Waals surface area contributed by atoms with Crippen molar-refractivity contribution in [1.29, 1.82) is 0 Å². The molecule has 17 heteroatoms. The molecule has 2 aliphatic rings. The number of carbonyl (C=O) groups is 1. The van der Waals surface area contributed by atoms with Gasteiger partial charge in [-0.2, -0.15) is 13.2 Å². The van der Waals surface area contributed by atoms with E-state index in [1.54, 1.807) is 29.6 Å². The lowest BCUT2D eigenvalue weighted by Crippen LogP contribution is -2.45. The number of nitrogens with zero attached hydrogens (tertiary/aromatic N) is 7. The van der Waals surface area contributed by atoms with Gasteiger partial charge in [-0.05, 0) is 56.7 Å². The second kappa shape index (κ2) is 13.3. The maximum atomic E-state index is 13.9. The largest absolute Gasteiger partial charge is 0.467 e. The molecule has 0 saturated heterocycles. The summed E-state index contributed by atoms with van der Waals surface area (Å²) >= 11 is 0. The summed E-state index contributed by atoms with van der Waals surface area (Å²) in [5.74, 6) is 0.381. The van der Waals surface area contributed by atoms with Crippen molar-refractivity contribution in [3.8, 4) is 28.4 Å². The van der Waals surface area contributed by atoms with E-state index in [-0.39, 0.29) is 40.6 Å². The van der Waals surface area contributed by atoms with Gasteiger partial charge >= 0.3 is 18.3 Å². The lowest BCUT2D eigenvalue weighted by molar-refractivity contribution is -0.137. The van der Waals surface area contributed by atoms with Gasteiger partial charge < -0.3 is 14.8 Å². The molecule has 0 bridgehead atoms. The highest BCUT2D eigenvalue weighted by molar-refractivity contribution is 7.90. The van der Waals surface area contributed by atoms with Crippen molar-refractivity contribution in [2.24, 2.45) is 0 Å². The van der Waals surface area contributed by atoms with Crippen LogP contribution in [0.3, 0.4) is 0 Å². The fourth-order valence-electron chi connectivity index (χ4n) is 5.38. The molecule has 4 aromatic rings. The van der Waals surface area contributed by atoms with Crippen LogP contribution < -0.4 is 15.0 Å². The smallest absolute Gasteiger partial charge is 0.419 e. The van der Waals surface area contributed by atoms with Crippen molar-refractivity contribution in [2.75, 3.05) is 23.6 Å². The van der Waals surface area contributed by atoms with Gasteiger partial charge in [-0.25, -0.2) is 38.1 Å². The number of alkyl halides is 3. The van der Waals surface area contributed by atoms with E-state index in [0.717, 1.165) is 48.7 Å². The number of pyridine rings is 2. The Morgan fingerprint density at radius 2 is 1.60 bits per heavy atom. The minimum Gasteiger partial charge on any atom is -0.467 e. The highest BCUT2D eigenvalue weighted by Crippen LogP contribution is 2.37. The number of hydrogen-bond acceptors (Lipinski definition) is 12. The molecule has 13 nitrogen and oxygen atoms in total. The van der Waals surface area contributed by atoms with E-state index in [9.17, 15) is 26.4 Å². The van der Waals surface area contributed by atoms with Gasteiger partial charge in [-0.1, -0.05) is 0 Å². The standard InChI is InChI=1S/C31H31F3N8O5S/c1-46-29-38-14-20(15-39-29)18-3-10-26(36-13-18)42(30(43)47-23-8-9-23)22-6-4-21(5-7-22)40-28-37-17-25(31(32,33)34)27(41-28)19-11-24(16-35-12-19)48(2,44)45/h3,10-17,21-23H,4-9H2,1-2H3,(H,37,40,41)/t21-,22-. The number of anilines is 2. The van der Waals surface area contributed by atoms with Gasteiger partial charge in [-0.15, -0.1) is 0 Å². The van der Waals surface area contributed by atoms with Crippen LogP contribution in [-0.4, -0.2) is 76.0 Å². The summed E-state index contributed by atoms with van der Waals surface area (Å²) in [5, 5.41) is 3.12. The number of hydrogen-bond donors (Lipinski definition) is 1. The number of rotatable bonds is 9. The number of carbonyl (C=O) groups excluding carboxylic acids is 1. The van der Waals surface area contributed by atoms with Crippen LogP contribution in [0.1, 0.15) is 44.1 Å². The second-order valence-electron chi connectivity index (χ2n) is 11.6. The average Bonchev–Trinajstić information content (AvgIpc) is 3.89. The molecule has 2 saturated carbocycles. The first-order valence-corrected chi connectivity index (χ1v) is 17.0. The number of nitrogens with one attached hydrogen (secondary N) is 1. The predicted octanol–water partition coefficient (Wildman–Crippen LogP) is 5.35. The zero-order valence-corrected chi connectivity index (χ0v) is 26.7. The Labute approximate surface area is 273 Å². The molecule has 0 aromatic carbocycles. The topological polar surface area (TPSA) is 162 Å². The van der Waals surface area contributed by atoms with Gasteiger partial charge in [-0.3, -0.25) is 9.88 Å². The molecule has 1 N–H and O–H groups in total. The van der Waals surface area contributed by atoms with E-state index in [2.05, 4.69) is 35.2 Å². The summed E-state index contributed by atoms with van der Waals surface area (Å²) in [5.41, 5.74) is -0.244. The number of aromatic nitrogens is 6. The molecular formula is C31H31F3N8O5S. The Morgan fingerprint density at radius 1 is 0.896 bits per heavy atom. The summed E-state index contributed by atoms with van der Waals surface area (Å²) in [6, 6.07) is 4.45. The van der Waals surface area contributed by atoms with E-state index in [1.165, 1.54) is 7.11 Å². The molecule has 252 valence electrons. The molecule has 2 fully saturated rings. The molecule has 0 atom stereocenters. The van der Waals surface area contributed by atoms with Gasteiger partial charge in [0.2, 0.25) is 5.95 Å². The average molecular weight is 685 g/mol. The first-order chi connectivity index (χ1) is 22.9. The fourth-order valence-corrected chi connectivity index (χ4v) is 5.97. The Hall–Kier alpha value is -4.93. The summed E-state index contributed by atoms with van der Waals surface area (Å²) < 4.78 is 76.5. The van der Waals surface area contributed by atoms with Gasteiger partial charge in [0.05, 0.1) is 17.7 Å². The maximum Gasteiger partial charge on any atom is 0.419 e. The number of ether oxygens (including phenoxy) is 2. The van der Waals surface area contributed by atoms with Crippen LogP contribution in [0.5, 0.6) is 6.01 Å². The first-order valence-electron chi connectivity index (χ1n) is 15.1. The first kappa shape index (κ1) is 33.0. The molecule has 0 radical (unpaired) electrons. The lowest BCUT2D eigenvalue weighted by atomic mass is 9.90. The molecule has 0 spiro atoms. The highest BCUT2D eigenvalue weighted by Gasteiger charge is 2.37. The quantitative estimate of drug-likeness (QED) is 0.241. The van der Waals surface area contributed by atoms with Crippen LogP contribution in [-0.2, 0) is 20.8 Å². The van der Waals surface area contributed by atoms with E-state index in [4.69, 9.17) is 9.47 Å². The van der Waals surface area contributed by atoms with Gasteiger partial charge in [0.15, 0.2) is 9.84 Å². The zero-order valence-electron chi connectivity index (χ0n) is 25.9. The van der Waals surface area contributed by atoms with Crippen molar-refractivity contribution in [3.05, 3.63) is 60.9 Å². The van der Waals surface area contributed by atoms with Crippen molar-refractivity contribution in [1.82, 2.24) is 29.9 Å². The third-order valence-corrected chi connectivity index (χ3v) is 9.11. The minimum atomic E-state index is -4.79. The second-order valence-corrected chi connectivity index (χ2v) is 13.6. The van der Waals surface area contributed by atoms with Crippen molar-refractivity contribution in [2.45, 2.75) is 67.8 Å². The third-order valence-electron chi connectivity index (χ3n) is 8.03. The summed E-state index contributed by atoms with van der Waals surface area (Å²) in [4.78, 5) is 39.4. The normalized spacial score (nSPS) is 18.2. The molecule has 48 heavy (non-hydrogen) atoms. The summed E-state index contributed by atoms with van der Waals surface area (Å²) in [7, 11) is -2.25. The van der Waals surface area contributed by atoms with E-state index < -0.39 is 33.4 Å². The Balaban J connectivity index is 1.18. The molecule has 4 aromatic heterocycles. The van der Waals surface area contributed by atoms with Crippen LogP contribution >= 0.6 is 0 Å². The van der Waals surface area contributed by atoms with Crippen LogP contribution in [0, 0.1) is 0 Å². The molecule has 4 heterocycles. The summed E-state index contributed by atoms with van der Waals surface area (Å²) in [6.07, 6.45) is 7.07. The highest BCUT2D eigenvalue weighted by atomic mass is 32.2. The molecule has 0 aliphatic heterocycles. The SMILES string of the molecule is COc1ncc(-c2ccc(N(C(=O)OC3CC3)[C@H]3CC[C@H](Nc4ncc(C(F)(F)F)c(-c5cncc(S(C)(=O)=O)c5)n4)CC3)nc2)cn1. The Morgan fingerprint density at radius 3 is 2.21 bits per heavy atom. The third kappa shape index (κ3) is 7.61. The molecule has 0 unspecified atom stereocenters. The maximum absolute atomic E-state index is 13.9. The van der Waals surface area contributed by atoms with Gasteiger partial charge in [0.25, 0.3) is 0 Å². The molecule has 6 rings (SSSR count). The molecular weight excluding hydrogens is 653 g/mol. The van der Waals surface area contributed by atoms with Crippen molar-refractivity contribution >= 4 is 27.7 Å².